The Morgan fingerprint density at radius 1 is 1.50 bits per heavy atom. The molecule has 1 N–H and O–H groups in total. The molecule has 0 bridgehead atoms. The van der Waals surface area contributed by atoms with Crippen molar-refractivity contribution in [1.82, 2.24) is 9.88 Å². The molecule has 0 fully saturated rings. The average molecular weight is 334 g/mol. The highest BCUT2D eigenvalue weighted by Gasteiger charge is 2.26. The van der Waals surface area contributed by atoms with Crippen LogP contribution in [0.15, 0.2) is 34.0 Å². The van der Waals surface area contributed by atoms with Gasteiger partial charge in [0.2, 0.25) is 5.91 Å². The Morgan fingerprint density at radius 2 is 2.32 bits per heavy atom. The van der Waals surface area contributed by atoms with Crippen LogP contribution in [0.3, 0.4) is 0 Å². The third kappa shape index (κ3) is 3.34. The van der Waals surface area contributed by atoms with Crippen LogP contribution in [0.25, 0.3) is 0 Å². The zero-order valence-corrected chi connectivity index (χ0v) is 14.0. The van der Waals surface area contributed by atoms with Crippen molar-refractivity contribution in [2.45, 2.75) is 30.3 Å². The summed E-state index contributed by atoms with van der Waals surface area (Å²) in [6, 6.07) is 7.75. The summed E-state index contributed by atoms with van der Waals surface area (Å²) in [6.07, 6.45) is -0.300. The second-order valence-electron chi connectivity index (χ2n) is 5.20. The van der Waals surface area contributed by atoms with Crippen molar-refractivity contribution in [2.75, 3.05) is 12.3 Å². The van der Waals surface area contributed by atoms with E-state index < -0.39 is 6.10 Å². The van der Waals surface area contributed by atoms with Crippen molar-refractivity contribution in [3.8, 4) is 0 Å². The van der Waals surface area contributed by atoms with Crippen molar-refractivity contribution >= 4 is 29.0 Å². The van der Waals surface area contributed by atoms with Gasteiger partial charge in [-0.15, -0.1) is 11.3 Å². The van der Waals surface area contributed by atoms with Gasteiger partial charge in [-0.3, -0.25) is 4.79 Å². The molecule has 116 valence electrons. The first-order valence-electron chi connectivity index (χ1n) is 7.28. The molecule has 0 spiro atoms. The number of β-amino-alcohol motifs (C(OH)–C–C–N with tert-alkyl or cyclic N) is 1. The number of benzene rings is 1. The van der Waals surface area contributed by atoms with Crippen molar-refractivity contribution in [1.29, 1.82) is 0 Å². The highest BCUT2D eigenvalue weighted by atomic mass is 32.2. The molecule has 1 aromatic carbocycles. The summed E-state index contributed by atoms with van der Waals surface area (Å²) in [6.45, 7) is 3.01. The van der Waals surface area contributed by atoms with Crippen LogP contribution in [0.1, 0.15) is 29.8 Å². The maximum absolute atomic E-state index is 12.5. The number of hydrogen-bond acceptors (Lipinski definition) is 5. The van der Waals surface area contributed by atoms with Gasteiger partial charge in [0.1, 0.15) is 4.34 Å². The molecule has 6 heteroatoms. The summed E-state index contributed by atoms with van der Waals surface area (Å²) in [7, 11) is 0. The van der Waals surface area contributed by atoms with Gasteiger partial charge < -0.3 is 10.0 Å². The third-order valence-electron chi connectivity index (χ3n) is 3.65. The molecule has 2 aromatic rings. The Hall–Kier alpha value is -1.37. The van der Waals surface area contributed by atoms with Crippen LogP contribution in [0.5, 0.6) is 0 Å². The molecular formula is C16H18N2O2S2. The summed E-state index contributed by atoms with van der Waals surface area (Å²) in [4.78, 5) is 18.7. The first-order chi connectivity index (χ1) is 10.7. The summed E-state index contributed by atoms with van der Waals surface area (Å²) < 4.78 is 1.01. The number of carbonyl (C=O) groups excluding carboxylic acids is 1. The van der Waals surface area contributed by atoms with Crippen LogP contribution in [-0.2, 0) is 17.8 Å². The van der Waals surface area contributed by atoms with E-state index in [2.05, 4.69) is 11.9 Å². The average Bonchev–Trinajstić information content (AvgIpc) is 2.95. The van der Waals surface area contributed by atoms with Gasteiger partial charge in [-0.05, 0) is 16.9 Å². The summed E-state index contributed by atoms with van der Waals surface area (Å²) >= 11 is 3.28. The van der Waals surface area contributed by atoms with Crippen LogP contribution in [0, 0.1) is 0 Å². The van der Waals surface area contributed by atoms with Crippen molar-refractivity contribution in [3.05, 3.63) is 46.5 Å². The van der Waals surface area contributed by atoms with Gasteiger partial charge in [0, 0.05) is 11.9 Å². The predicted molar refractivity (Wildman–Crippen MR) is 89.0 cm³/mol. The molecule has 1 aliphatic heterocycles. The number of aromatic nitrogens is 1. The molecule has 1 aromatic heterocycles. The van der Waals surface area contributed by atoms with Crippen molar-refractivity contribution in [3.63, 3.8) is 0 Å². The zero-order valence-electron chi connectivity index (χ0n) is 12.4. The van der Waals surface area contributed by atoms with E-state index in [1.165, 1.54) is 0 Å². The standard InChI is InChI=1S/C16H18N2O2S2/c1-2-21-16-17-12(10-22-16)7-15(20)18-8-11-5-3-4-6-13(11)14(19)9-18/h3-6,10,14,19H,2,7-9H2,1H3/t14-/m1/s1. The molecule has 4 nitrogen and oxygen atoms in total. The molecule has 0 aliphatic carbocycles. The lowest BCUT2D eigenvalue weighted by atomic mass is 9.97. The van der Waals surface area contributed by atoms with E-state index in [9.17, 15) is 9.90 Å². The number of nitrogens with zero attached hydrogens (tertiary/aromatic N) is 2. The molecule has 0 saturated carbocycles. The van der Waals surface area contributed by atoms with Gasteiger partial charge in [0.05, 0.1) is 24.8 Å². The van der Waals surface area contributed by atoms with E-state index in [4.69, 9.17) is 0 Å². The zero-order chi connectivity index (χ0) is 15.5. The normalized spacial score (nSPS) is 17.4. The second-order valence-corrected chi connectivity index (χ2v) is 7.57. The first kappa shape index (κ1) is 15.5. The van der Waals surface area contributed by atoms with E-state index in [0.29, 0.717) is 19.5 Å². The number of aliphatic hydroxyl groups excluding tert-OH is 1. The molecule has 0 saturated heterocycles. The number of fused-ring (bicyclic) bond motifs is 1. The van der Waals surface area contributed by atoms with Gasteiger partial charge in [-0.2, -0.15) is 0 Å². The fourth-order valence-corrected chi connectivity index (χ4v) is 4.34. The fraction of sp³-hybridized carbons (Fsp3) is 0.375. The maximum atomic E-state index is 12.5. The van der Waals surface area contributed by atoms with Crippen molar-refractivity contribution < 1.29 is 9.90 Å². The minimum atomic E-state index is -0.601. The van der Waals surface area contributed by atoms with Crippen LogP contribution >= 0.6 is 23.1 Å². The molecule has 1 amide bonds. The number of amides is 1. The largest absolute Gasteiger partial charge is 0.387 e. The molecule has 1 aliphatic rings. The lowest BCUT2D eigenvalue weighted by Crippen LogP contribution is -2.39. The van der Waals surface area contributed by atoms with E-state index >= 15 is 0 Å². The van der Waals surface area contributed by atoms with E-state index in [1.54, 1.807) is 28.0 Å². The number of aliphatic hydroxyl groups is 1. The van der Waals surface area contributed by atoms with Crippen LogP contribution in [-0.4, -0.2) is 33.2 Å². The Balaban J connectivity index is 1.68. The van der Waals surface area contributed by atoms with E-state index in [0.717, 1.165) is 26.9 Å². The monoisotopic (exact) mass is 334 g/mol. The van der Waals surface area contributed by atoms with Crippen molar-refractivity contribution in [2.24, 2.45) is 0 Å². The smallest absolute Gasteiger partial charge is 0.229 e. The Labute approximate surface area is 138 Å². The molecule has 3 rings (SSSR count). The highest BCUT2D eigenvalue weighted by molar-refractivity contribution is 8.00. The topological polar surface area (TPSA) is 53.4 Å². The van der Waals surface area contributed by atoms with Crippen LogP contribution < -0.4 is 0 Å². The SMILES string of the molecule is CCSc1nc(CC(=O)N2Cc3ccccc3[C@H](O)C2)cs1. The van der Waals surface area contributed by atoms with Gasteiger partial charge in [0.15, 0.2) is 0 Å². The lowest BCUT2D eigenvalue weighted by molar-refractivity contribution is -0.133. The number of thioether (sulfide) groups is 1. The maximum Gasteiger partial charge on any atom is 0.229 e. The van der Waals surface area contributed by atoms with Gasteiger partial charge >= 0.3 is 0 Å². The second kappa shape index (κ2) is 6.81. The first-order valence-corrected chi connectivity index (χ1v) is 9.14. The fourth-order valence-electron chi connectivity index (χ4n) is 2.60. The van der Waals surface area contributed by atoms with Gasteiger partial charge in [-0.1, -0.05) is 43.0 Å². The predicted octanol–water partition coefficient (Wildman–Crippen LogP) is 2.87. The molecule has 2 heterocycles. The number of hydrogen-bond donors (Lipinski definition) is 1. The number of carbonyl (C=O) groups is 1. The molecule has 22 heavy (non-hydrogen) atoms. The van der Waals surface area contributed by atoms with Crippen LogP contribution in [0.4, 0.5) is 0 Å². The lowest BCUT2D eigenvalue weighted by Gasteiger charge is -2.32. The van der Waals surface area contributed by atoms with E-state index in [-0.39, 0.29) is 5.91 Å². The quantitative estimate of drug-likeness (QED) is 0.874. The Kier molecular flexibility index (Phi) is 4.81. The number of rotatable bonds is 4. The summed E-state index contributed by atoms with van der Waals surface area (Å²) in [5.74, 6) is 1.00. The van der Waals surface area contributed by atoms with Crippen LogP contribution in [0.2, 0.25) is 0 Å². The Morgan fingerprint density at radius 3 is 3.14 bits per heavy atom. The molecule has 1 atom stereocenters. The minimum Gasteiger partial charge on any atom is -0.387 e. The number of thiazole rings is 1. The Bertz CT molecular complexity index is 672. The third-order valence-corrected chi connectivity index (χ3v) is 5.60. The van der Waals surface area contributed by atoms with Gasteiger partial charge in [0.25, 0.3) is 0 Å². The minimum absolute atomic E-state index is 0.0203. The molecule has 0 unspecified atom stereocenters. The van der Waals surface area contributed by atoms with E-state index in [1.807, 2.05) is 29.6 Å². The molecule has 0 radical (unpaired) electrons. The summed E-state index contributed by atoms with van der Waals surface area (Å²) in [5.41, 5.74) is 2.77. The summed E-state index contributed by atoms with van der Waals surface area (Å²) in [5, 5.41) is 12.2. The highest BCUT2D eigenvalue weighted by Crippen LogP contribution is 2.27. The molecular weight excluding hydrogens is 316 g/mol. The van der Waals surface area contributed by atoms with Gasteiger partial charge in [-0.25, -0.2) is 4.98 Å².